The molecule has 7 nitrogen and oxygen atoms in total. The third-order valence-corrected chi connectivity index (χ3v) is 5.92. The summed E-state index contributed by atoms with van der Waals surface area (Å²) in [6.45, 7) is 4.34. The van der Waals surface area contributed by atoms with E-state index in [1.807, 2.05) is 62.4 Å². The lowest BCUT2D eigenvalue weighted by molar-refractivity contribution is -0.121. The molecule has 1 amide bonds. The molecule has 0 unspecified atom stereocenters. The van der Waals surface area contributed by atoms with Crippen molar-refractivity contribution in [2.45, 2.75) is 33.2 Å². The van der Waals surface area contributed by atoms with E-state index in [1.165, 1.54) is 0 Å². The molecule has 0 radical (unpaired) electrons. The maximum atomic E-state index is 13.0. The predicted molar refractivity (Wildman–Crippen MR) is 128 cm³/mol. The number of carbonyl (C=O) groups excluding carboxylic acids is 1. The average molecular weight is 494 g/mol. The Morgan fingerprint density at radius 3 is 2.44 bits per heavy atom. The highest BCUT2D eigenvalue weighted by atomic mass is 79.9. The second kappa shape index (κ2) is 9.08. The van der Waals surface area contributed by atoms with Gasteiger partial charge in [0.2, 0.25) is 5.91 Å². The van der Waals surface area contributed by atoms with E-state index >= 15 is 0 Å². The van der Waals surface area contributed by atoms with Crippen LogP contribution >= 0.6 is 15.9 Å². The minimum absolute atomic E-state index is 0.121. The molecular formula is C24H24BrN5O2. The highest BCUT2D eigenvalue weighted by Crippen LogP contribution is 2.19. The zero-order valence-electron chi connectivity index (χ0n) is 18.2. The van der Waals surface area contributed by atoms with Crippen LogP contribution in [0, 0.1) is 13.8 Å². The van der Waals surface area contributed by atoms with E-state index < -0.39 is 0 Å². The van der Waals surface area contributed by atoms with Gasteiger partial charge in [-0.25, -0.2) is 9.67 Å². The number of halogens is 1. The minimum Gasteiger partial charge on any atom is -0.352 e. The normalized spacial score (nSPS) is 11.1. The number of benzene rings is 2. The number of carbonyl (C=O) groups is 1. The van der Waals surface area contributed by atoms with Gasteiger partial charge in [-0.15, -0.1) is 0 Å². The van der Waals surface area contributed by atoms with Crippen LogP contribution in [0.15, 0.2) is 57.8 Å². The van der Waals surface area contributed by atoms with Crippen molar-refractivity contribution in [3.05, 3.63) is 85.9 Å². The van der Waals surface area contributed by atoms with Crippen LogP contribution < -0.4 is 10.9 Å². The summed E-state index contributed by atoms with van der Waals surface area (Å²) < 4.78 is 4.30. The topological polar surface area (TPSA) is 81.8 Å². The summed E-state index contributed by atoms with van der Waals surface area (Å²) in [6.07, 6.45) is 0.458. The molecule has 8 heteroatoms. The molecule has 0 saturated carbocycles. The number of aryl methyl sites for hydroxylation is 4. The van der Waals surface area contributed by atoms with Gasteiger partial charge in [-0.3, -0.25) is 14.2 Å². The zero-order chi connectivity index (χ0) is 22.8. The van der Waals surface area contributed by atoms with Crippen LogP contribution in [0.3, 0.4) is 0 Å². The van der Waals surface area contributed by atoms with Gasteiger partial charge >= 0.3 is 0 Å². The van der Waals surface area contributed by atoms with Gasteiger partial charge in [0, 0.05) is 30.9 Å². The molecule has 0 fully saturated rings. The number of nitrogens with one attached hydrogen (secondary N) is 1. The molecule has 4 aromatic rings. The zero-order valence-corrected chi connectivity index (χ0v) is 19.8. The first kappa shape index (κ1) is 22.0. The van der Waals surface area contributed by atoms with E-state index in [0.29, 0.717) is 23.4 Å². The number of amides is 1. The first-order valence-electron chi connectivity index (χ1n) is 10.4. The molecule has 0 spiro atoms. The van der Waals surface area contributed by atoms with Crippen LogP contribution in [0.1, 0.15) is 28.9 Å². The summed E-state index contributed by atoms with van der Waals surface area (Å²) in [4.78, 5) is 29.9. The molecule has 2 aromatic carbocycles. The summed E-state index contributed by atoms with van der Waals surface area (Å²) in [7, 11) is 1.72. The standard InChI is InChI=1S/C24H24BrN5O2/c1-15-4-10-19(11-5-15)30-23-22(16(2)28-30)27-20(24(32)29(23)3)12-13-21(31)26-14-17-6-8-18(25)9-7-17/h4-11H,12-14H2,1-3H3,(H,26,31). The van der Waals surface area contributed by atoms with Gasteiger partial charge in [-0.05, 0) is 43.7 Å². The number of rotatable bonds is 6. The molecule has 2 aromatic heterocycles. The van der Waals surface area contributed by atoms with Crippen LogP contribution in [-0.2, 0) is 24.8 Å². The summed E-state index contributed by atoms with van der Waals surface area (Å²) in [5, 5.41) is 7.50. The van der Waals surface area contributed by atoms with Crippen molar-refractivity contribution >= 4 is 33.0 Å². The number of nitrogens with zero attached hydrogens (tertiary/aromatic N) is 4. The van der Waals surface area contributed by atoms with Crippen molar-refractivity contribution in [2.75, 3.05) is 0 Å². The van der Waals surface area contributed by atoms with Crippen molar-refractivity contribution in [3.8, 4) is 5.69 Å². The summed E-state index contributed by atoms with van der Waals surface area (Å²) in [5.74, 6) is -0.121. The highest BCUT2D eigenvalue weighted by Gasteiger charge is 2.18. The third-order valence-electron chi connectivity index (χ3n) is 5.39. The molecule has 2 heterocycles. The Bertz CT molecular complexity index is 1340. The molecule has 164 valence electrons. The van der Waals surface area contributed by atoms with Crippen LogP contribution in [0.25, 0.3) is 16.9 Å². The molecule has 0 aliphatic rings. The van der Waals surface area contributed by atoms with E-state index in [9.17, 15) is 9.59 Å². The SMILES string of the molecule is Cc1ccc(-n2nc(C)c3nc(CCC(=O)NCc4ccc(Br)cc4)c(=O)n(C)c32)cc1. The molecule has 0 aliphatic heterocycles. The van der Waals surface area contributed by atoms with E-state index in [4.69, 9.17) is 0 Å². The van der Waals surface area contributed by atoms with Crippen molar-refractivity contribution in [3.63, 3.8) is 0 Å². The van der Waals surface area contributed by atoms with Gasteiger partial charge in [0.25, 0.3) is 5.56 Å². The Kier molecular flexibility index (Phi) is 6.23. The fourth-order valence-electron chi connectivity index (χ4n) is 3.56. The lowest BCUT2D eigenvalue weighted by atomic mass is 10.2. The van der Waals surface area contributed by atoms with Gasteiger partial charge in [-0.2, -0.15) is 5.10 Å². The molecule has 1 N–H and O–H groups in total. The molecule has 32 heavy (non-hydrogen) atoms. The predicted octanol–water partition coefficient (Wildman–Crippen LogP) is 3.75. The van der Waals surface area contributed by atoms with Crippen LogP contribution in [-0.4, -0.2) is 25.2 Å². The molecule has 4 rings (SSSR count). The number of fused-ring (bicyclic) bond motifs is 1. The van der Waals surface area contributed by atoms with Gasteiger partial charge in [0.05, 0.1) is 11.4 Å². The van der Waals surface area contributed by atoms with Crippen molar-refractivity contribution < 1.29 is 4.79 Å². The smallest absolute Gasteiger partial charge is 0.273 e. The largest absolute Gasteiger partial charge is 0.352 e. The van der Waals surface area contributed by atoms with Gasteiger partial charge in [0.1, 0.15) is 11.2 Å². The summed E-state index contributed by atoms with van der Waals surface area (Å²) in [6, 6.07) is 15.7. The van der Waals surface area contributed by atoms with E-state index in [1.54, 1.807) is 16.3 Å². The molecule has 0 aliphatic carbocycles. The average Bonchev–Trinajstić information content (AvgIpc) is 3.11. The summed E-state index contributed by atoms with van der Waals surface area (Å²) in [5.41, 5.74) is 5.21. The first-order chi connectivity index (χ1) is 15.3. The Morgan fingerprint density at radius 1 is 1.06 bits per heavy atom. The van der Waals surface area contributed by atoms with E-state index in [2.05, 4.69) is 31.3 Å². The maximum Gasteiger partial charge on any atom is 0.273 e. The Labute approximate surface area is 194 Å². The number of aromatic nitrogens is 4. The van der Waals surface area contributed by atoms with Gasteiger partial charge in [-0.1, -0.05) is 45.8 Å². The monoisotopic (exact) mass is 493 g/mol. The van der Waals surface area contributed by atoms with Gasteiger partial charge < -0.3 is 5.32 Å². The lowest BCUT2D eigenvalue weighted by Crippen LogP contribution is -2.27. The number of hydrogen-bond donors (Lipinski definition) is 1. The van der Waals surface area contributed by atoms with Gasteiger partial charge in [0.15, 0.2) is 5.65 Å². The second-order valence-electron chi connectivity index (χ2n) is 7.83. The van der Waals surface area contributed by atoms with Crippen molar-refractivity contribution in [1.82, 2.24) is 24.6 Å². The second-order valence-corrected chi connectivity index (χ2v) is 8.75. The van der Waals surface area contributed by atoms with E-state index in [0.717, 1.165) is 27.0 Å². The van der Waals surface area contributed by atoms with Crippen molar-refractivity contribution in [2.24, 2.45) is 7.05 Å². The third kappa shape index (κ3) is 4.50. The van der Waals surface area contributed by atoms with E-state index in [-0.39, 0.29) is 24.3 Å². The van der Waals surface area contributed by atoms with Crippen molar-refractivity contribution in [1.29, 1.82) is 0 Å². The Morgan fingerprint density at radius 2 is 1.75 bits per heavy atom. The molecule has 0 atom stereocenters. The highest BCUT2D eigenvalue weighted by molar-refractivity contribution is 9.10. The molecular weight excluding hydrogens is 470 g/mol. The Hall–Kier alpha value is -3.26. The van der Waals surface area contributed by atoms with Crippen LogP contribution in [0.2, 0.25) is 0 Å². The maximum absolute atomic E-state index is 13.0. The van der Waals surface area contributed by atoms with Crippen LogP contribution in [0.4, 0.5) is 0 Å². The Balaban J connectivity index is 1.53. The molecule has 0 bridgehead atoms. The quantitative estimate of drug-likeness (QED) is 0.443. The first-order valence-corrected chi connectivity index (χ1v) is 11.2. The number of hydrogen-bond acceptors (Lipinski definition) is 4. The van der Waals surface area contributed by atoms with Crippen LogP contribution in [0.5, 0.6) is 0 Å². The fraction of sp³-hybridized carbons (Fsp3) is 0.250. The summed E-state index contributed by atoms with van der Waals surface area (Å²) >= 11 is 3.40. The molecule has 0 saturated heterocycles. The lowest BCUT2D eigenvalue weighted by Gasteiger charge is -2.09. The minimum atomic E-state index is -0.216. The fourth-order valence-corrected chi connectivity index (χ4v) is 3.83.